The van der Waals surface area contributed by atoms with Gasteiger partial charge >= 0.3 is 0 Å². The fraction of sp³-hybridized carbons (Fsp3) is 0.500. The van der Waals surface area contributed by atoms with Gasteiger partial charge in [-0.05, 0) is 29.3 Å². The highest BCUT2D eigenvalue weighted by molar-refractivity contribution is 9.10. The third kappa shape index (κ3) is 1.43. The van der Waals surface area contributed by atoms with Gasteiger partial charge in [0.15, 0.2) is 0 Å². The first-order chi connectivity index (χ1) is 6.54. The second-order valence-corrected chi connectivity index (χ2v) is 4.49. The molecule has 1 heterocycles. The number of hydrogen-bond donors (Lipinski definition) is 2. The van der Waals surface area contributed by atoms with E-state index in [4.69, 9.17) is 0 Å². The number of aromatic nitrogens is 2. The van der Waals surface area contributed by atoms with Crippen molar-refractivity contribution in [3.8, 4) is 0 Å². The first kappa shape index (κ1) is 9.64. The van der Waals surface area contributed by atoms with E-state index < -0.39 is 11.6 Å². The van der Waals surface area contributed by atoms with Crippen LogP contribution in [0.25, 0.3) is 0 Å². The largest absolute Gasteiger partial charge is 0.310 e. The molecule has 1 aliphatic rings. The fourth-order valence-corrected chi connectivity index (χ4v) is 1.45. The van der Waals surface area contributed by atoms with Crippen LogP contribution in [-0.2, 0) is 4.79 Å². The van der Waals surface area contributed by atoms with Crippen LogP contribution in [0, 0.1) is 5.41 Å². The predicted molar refractivity (Wildman–Crippen MR) is 52.5 cm³/mol. The van der Waals surface area contributed by atoms with Crippen molar-refractivity contribution in [3.63, 3.8) is 0 Å². The zero-order valence-electron chi connectivity index (χ0n) is 7.47. The molecule has 0 spiro atoms. The summed E-state index contributed by atoms with van der Waals surface area (Å²) in [4.78, 5) is 11.5. The minimum absolute atomic E-state index is 0.296. The maximum atomic E-state index is 12.8. The Balaban J connectivity index is 2.06. The smallest absolute Gasteiger partial charge is 0.234 e. The van der Waals surface area contributed by atoms with Crippen LogP contribution in [0.1, 0.15) is 13.3 Å². The lowest BCUT2D eigenvalue weighted by molar-refractivity contribution is -0.121. The highest BCUT2D eigenvalue weighted by Gasteiger charge is 2.57. The lowest BCUT2D eigenvalue weighted by Gasteiger charge is -2.08. The molecule has 14 heavy (non-hydrogen) atoms. The molecule has 0 radical (unpaired) electrons. The van der Waals surface area contributed by atoms with Crippen molar-refractivity contribution in [2.24, 2.45) is 5.41 Å². The summed E-state index contributed by atoms with van der Waals surface area (Å²) in [6.45, 7) is 1.61. The number of amides is 1. The van der Waals surface area contributed by atoms with Gasteiger partial charge in [0.2, 0.25) is 5.91 Å². The number of anilines is 1. The van der Waals surface area contributed by atoms with Gasteiger partial charge in [-0.2, -0.15) is 5.10 Å². The number of nitrogens with one attached hydrogen (secondary N) is 2. The van der Waals surface area contributed by atoms with Gasteiger partial charge in [0.1, 0.15) is 12.0 Å². The molecule has 1 aromatic heterocycles. The Morgan fingerprint density at radius 3 is 3.00 bits per heavy atom. The Kier molecular flexibility index (Phi) is 2.10. The van der Waals surface area contributed by atoms with Crippen LogP contribution in [0.4, 0.5) is 10.2 Å². The summed E-state index contributed by atoms with van der Waals surface area (Å²) in [5.41, 5.74) is -0.857. The van der Waals surface area contributed by atoms with E-state index in [1.165, 1.54) is 6.20 Å². The van der Waals surface area contributed by atoms with Gasteiger partial charge in [0.05, 0.1) is 16.1 Å². The van der Waals surface area contributed by atoms with Crippen molar-refractivity contribution in [2.75, 3.05) is 5.32 Å². The van der Waals surface area contributed by atoms with Crippen LogP contribution in [-0.4, -0.2) is 22.3 Å². The summed E-state index contributed by atoms with van der Waals surface area (Å²) in [5, 5.41) is 8.89. The summed E-state index contributed by atoms with van der Waals surface area (Å²) in [5.74, 6) is 0.158. The van der Waals surface area contributed by atoms with Gasteiger partial charge in [-0.15, -0.1) is 0 Å². The van der Waals surface area contributed by atoms with Crippen molar-refractivity contribution in [3.05, 3.63) is 10.7 Å². The topological polar surface area (TPSA) is 57.8 Å². The second-order valence-electron chi connectivity index (χ2n) is 3.64. The van der Waals surface area contributed by atoms with Crippen LogP contribution in [0.2, 0.25) is 0 Å². The Morgan fingerprint density at radius 2 is 2.57 bits per heavy atom. The second kappa shape index (κ2) is 3.05. The quantitative estimate of drug-likeness (QED) is 0.854. The molecule has 6 heteroatoms. The van der Waals surface area contributed by atoms with Crippen molar-refractivity contribution >= 4 is 27.7 Å². The first-order valence-corrected chi connectivity index (χ1v) is 4.98. The molecule has 0 saturated heterocycles. The van der Waals surface area contributed by atoms with E-state index in [1.54, 1.807) is 6.92 Å². The molecule has 1 aliphatic carbocycles. The number of hydrogen-bond acceptors (Lipinski definition) is 2. The lowest BCUT2D eigenvalue weighted by atomic mass is 10.1. The zero-order chi connectivity index (χ0) is 10.3. The van der Waals surface area contributed by atoms with Crippen LogP contribution in [0.5, 0.6) is 0 Å². The zero-order valence-corrected chi connectivity index (χ0v) is 9.06. The SMILES string of the molecule is CC1(C(=O)Nc2[nH]ncc2Br)CC1F. The van der Waals surface area contributed by atoms with Crippen molar-refractivity contribution in [1.29, 1.82) is 0 Å². The number of nitrogens with zero attached hydrogens (tertiary/aromatic N) is 1. The average Bonchev–Trinajstić information content (AvgIpc) is 2.55. The Hall–Kier alpha value is -0.910. The molecule has 2 rings (SSSR count). The van der Waals surface area contributed by atoms with E-state index in [2.05, 4.69) is 31.4 Å². The molecule has 1 fully saturated rings. The maximum Gasteiger partial charge on any atom is 0.234 e. The number of alkyl halides is 1. The molecule has 1 aromatic rings. The normalized spacial score (nSPS) is 30.1. The minimum Gasteiger partial charge on any atom is -0.310 e. The van der Waals surface area contributed by atoms with Crippen LogP contribution in [0.3, 0.4) is 0 Å². The summed E-state index contributed by atoms with van der Waals surface area (Å²) in [7, 11) is 0. The van der Waals surface area contributed by atoms with Crippen LogP contribution in [0.15, 0.2) is 10.7 Å². The summed E-state index contributed by atoms with van der Waals surface area (Å²) in [6.07, 6.45) is 0.798. The highest BCUT2D eigenvalue weighted by atomic mass is 79.9. The molecule has 2 N–H and O–H groups in total. The van der Waals surface area contributed by atoms with E-state index in [0.29, 0.717) is 16.7 Å². The monoisotopic (exact) mass is 261 g/mol. The predicted octanol–water partition coefficient (Wildman–Crippen LogP) is 1.86. The molecule has 1 saturated carbocycles. The summed E-state index contributed by atoms with van der Waals surface area (Å²) in [6, 6.07) is 0. The molecular weight excluding hydrogens is 253 g/mol. The third-order valence-electron chi connectivity index (χ3n) is 2.48. The van der Waals surface area contributed by atoms with Crippen LogP contribution >= 0.6 is 15.9 Å². The Morgan fingerprint density at radius 1 is 1.93 bits per heavy atom. The van der Waals surface area contributed by atoms with E-state index >= 15 is 0 Å². The number of H-pyrrole nitrogens is 1. The van der Waals surface area contributed by atoms with Crippen molar-refractivity contribution in [1.82, 2.24) is 10.2 Å². The minimum atomic E-state index is -1.02. The van der Waals surface area contributed by atoms with Gasteiger partial charge in [0, 0.05) is 0 Å². The standard InChI is InChI=1S/C8H9BrFN3O/c1-8(2-5(8)10)7(14)12-6-4(9)3-11-13-6/h3,5H,2H2,1H3,(H2,11,12,13,14). The van der Waals surface area contributed by atoms with Gasteiger partial charge in [-0.3, -0.25) is 9.89 Å². The van der Waals surface area contributed by atoms with Gasteiger partial charge < -0.3 is 5.32 Å². The molecule has 76 valence electrons. The van der Waals surface area contributed by atoms with E-state index in [0.717, 1.165) is 0 Å². The van der Waals surface area contributed by atoms with Gasteiger partial charge in [-0.25, -0.2) is 4.39 Å². The van der Waals surface area contributed by atoms with Crippen LogP contribution < -0.4 is 5.32 Å². The Bertz CT molecular complexity index is 380. The fourth-order valence-electron chi connectivity index (χ4n) is 1.16. The molecule has 1 amide bonds. The van der Waals surface area contributed by atoms with Crippen molar-refractivity contribution in [2.45, 2.75) is 19.5 Å². The summed E-state index contributed by atoms with van der Waals surface area (Å²) >= 11 is 3.19. The number of aromatic amines is 1. The molecule has 4 nitrogen and oxygen atoms in total. The molecular formula is C8H9BrFN3O. The first-order valence-electron chi connectivity index (χ1n) is 4.18. The number of halogens is 2. The molecule has 2 unspecified atom stereocenters. The Labute approximate surface area is 88.4 Å². The van der Waals surface area contributed by atoms with E-state index in [-0.39, 0.29) is 5.91 Å². The third-order valence-corrected chi connectivity index (χ3v) is 3.09. The van der Waals surface area contributed by atoms with Crippen molar-refractivity contribution < 1.29 is 9.18 Å². The molecule has 0 aromatic carbocycles. The number of carbonyl (C=O) groups is 1. The molecule has 0 bridgehead atoms. The summed E-state index contributed by atoms with van der Waals surface area (Å²) < 4.78 is 13.5. The molecule has 0 aliphatic heterocycles. The molecule has 2 atom stereocenters. The van der Waals surface area contributed by atoms with Gasteiger partial charge in [-0.1, -0.05) is 0 Å². The highest BCUT2D eigenvalue weighted by Crippen LogP contribution is 2.48. The average molecular weight is 262 g/mol. The number of rotatable bonds is 2. The van der Waals surface area contributed by atoms with E-state index in [1.807, 2.05) is 0 Å². The maximum absolute atomic E-state index is 12.8. The van der Waals surface area contributed by atoms with Gasteiger partial charge in [0.25, 0.3) is 0 Å². The lowest BCUT2D eigenvalue weighted by Crippen LogP contribution is -2.24. The number of carbonyl (C=O) groups excluding carboxylic acids is 1. The van der Waals surface area contributed by atoms with E-state index in [9.17, 15) is 9.18 Å².